The van der Waals surface area contributed by atoms with Crippen LogP contribution in [0.1, 0.15) is 47.5 Å². The number of rotatable bonds is 0. The number of nitrogens with one attached hydrogen (secondary N) is 1. The molecule has 1 nitrogen and oxygen atoms in total. The first kappa shape index (κ1) is 13.9. The van der Waals surface area contributed by atoms with Gasteiger partial charge in [0.2, 0.25) is 0 Å². The summed E-state index contributed by atoms with van der Waals surface area (Å²) in [5.41, 5.74) is 0.279. The van der Waals surface area contributed by atoms with Crippen LogP contribution in [0.25, 0.3) is 0 Å². The molecule has 0 fully saturated rings. The van der Waals surface area contributed by atoms with Crippen LogP contribution in [-0.2, 0) is 0 Å². The van der Waals surface area contributed by atoms with Crippen LogP contribution < -0.4 is 5.32 Å². The van der Waals surface area contributed by atoms with E-state index in [-0.39, 0.29) is 5.54 Å². The van der Waals surface area contributed by atoms with Crippen LogP contribution in [-0.4, -0.2) is 16.5 Å². The quantitative estimate of drug-likeness (QED) is 0.659. The second-order valence-electron chi connectivity index (χ2n) is 4.07. The number of hydrogen-bond acceptors (Lipinski definition) is 2. The molecule has 0 saturated carbocycles. The van der Waals surface area contributed by atoms with Crippen molar-refractivity contribution in [3.05, 3.63) is 12.3 Å². The molecule has 0 aliphatic carbocycles. The summed E-state index contributed by atoms with van der Waals surface area (Å²) in [6.07, 6.45) is 6.94. The van der Waals surface area contributed by atoms with Crippen LogP contribution >= 0.6 is 11.8 Å². The van der Waals surface area contributed by atoms with Gasteiger partial charge in [-0.05, 0) is 45.6 Å². The lowest BCUT2D eigenvalue weighted by atomic mass is 9.99. The SMILES string of the molecule is CC.CC1C=CNC(C)(C)CCCS1. The van der Waals surface area contributed by atoms with Crippen molar-refractivity contribution in [2.45, 2.75) is 58.2 Å². The fourth-order valence-electron chi connectivity index (χ4n) is 1.32. The van der Waals surface area contributed by atoms with Crippen molar-refractivity contribution in [1.29, 1.82) is 0 Å². The number of thioether (sulfide) groups is 1. The van der Waals surface area contributed by atoms with Crippen LogP contribution in [0, 0.1) is 0 Å². The van der Waals surface area contributed by atoms with Crippen molar-refractivity contribution in [2.75, 3.05) is 5.75 Å². The van der Waals surface area contributed by atoms with Crippen molar-refractivity contribution < 1.29 is 0 Å². The Morgan fingerprint density at radius 3 is 2.64 bits per heavy atom. The Kier molecular flexibility index (Phi) is 7.16. The highest BCUT2D eigenvalue weighted by Gasteiger charge is 2.15. The number of hydrogen-bond donors (Lipinski definition) is 1. The molecular weight excluding hydrogens is 190 g/mol. The monoisotopic (exact) mass is 215 g/mol. The standard InChI is InChI=1S/C10H19NS.C2H6/c1-9-5-7-11-10(2,3)6-4-8-12-9;1-2/h5,7,9,11H,4,6,8H2,1-3H3;1-2H3. The van der Waals surface area contributed by atoms with E-state index in [0.29, 0.717) is 5.25 Å². The van der Waals surface area contributed by atoms with Gasteiger partial charge < -0.3 is 5.32 Å². The third kappa shape index (κ3) is 6.36. The molecule has 0 saturated heterocycles. The first-order valence-corrected chi connectivity index (χ1v) is 6.71. The zero-order chi connectivity index (χ0) is 11.0. The molecule has 14 heavy (non-hydrogen) atoms. The Hall–Kier alpha value is -0.110. The maximum atomic E-state index is 3.44. The van der Waals surface area contributed by atoms with Gasteiger partial charge in [-0.3, -0.25) is 0 Å². The molecule has 1 N–H and O–H groups in total. The largest absolute Gasteiger partial charge is 0.386 e. The molecule has 84 valence electrons. The minimum atomic E-state index is 0.279. The third-order valence-corrected chi connectivity index (χ3v) is 3.38. The Morgan fingerprint density at radius 2 is 2.00 bits per heavy atom. The maximum Gasteiger partial charge on any atom is 0.0312 e. The molecule has 1 unspecified atom stereocenters. The summed E-state index contributed by atoms with van der Waals surface area (Å²) in [5, 5.41) is 4.10. The summed E-state index contributed by atoms with van der Waals surface area (Å²) in [6.45, 7) is 10.8. The topological polar surface area (TPSA) is 12.0 Å². The molecular formula is C12H25NS. The van der Waals surface area contributed by atoms with Gasteiger partial charge in [0.15, 0.2) is 0 Å². The van der Waals surface area contributed by atoms with Gasteiger partial charge in [0.25, 0.3) is 0 Å². The fraction of sp³-hybridized carbons (Fsp3) is 0.833. The first-order valence-electron chi connectivity index (χ1n) is 5.66. The molecule has 1 heterocycles. The summed E-state index contributed by atoms with van der Waals surface area (Å²) in [6, 6.07) is 0. The molecule has 0 aromatic rings. The summed E-state index contributed by atoms with van der Waals surface area (Å²) >= 11 is 2.04. The van der Waals surface area contributed by atoms with Gasteiger partial charge in [0.05, 0.1) is 0 Å². The van der Waals surface area contributed by atoms with E-state index in [0.717, 1.165) is 0 Å². The Balaban J connectivity index is 0.000000791. The molecule has 0 spiro atoms. The van der Waals surface area contributed by atoms with Crippen LogP contribution in [0.15, 0.2) is 12.3 Å². The average Bonchev–Trinajstić information content (AvgIpc) is 2.21. The molecule has 2 heteroatoms. The van der Waals surface area contributed by atoms with E-state index < -0.39 is 0 Å². The van der Waals surface area contributed by atoms with E-state index in [2.05, 4.69) is 38.4 Å². The molecule has 1 rings (SSSR count). The molecule has 1 aliphatic heterocycles. The van der Waals surface area contributed by atoms with Crippen molar-refractivity contribution >= 4 is 11.8 Å². The van der Waals surface area contributed by atoms with Crippen LogP contribution in [0.2, 0.25) is 0 Å². The zero-order valence-corrected chi connectivity index (χ0v) is 11.1. The minimum absolute atomic E-state index is 0.279. The van der Waals surface area contributed by atoms with Gasteiger partial charge in [0, 0.05) is 10.8 Å². The highest BCUT2D eigenvalue weighted by Crippen LogP contribution is 2.19. The molecule has 0 amide bonds. The van der Waals surface area contributed by atoms with Crippen LogP contribution in [0.4, 0.5) is 0 Å². The lowest BCUT2D eigenvalue weighted by Crippen LogP contribution is -2.35. The van der Waals surface area contributed by atoms with Gasteiger partial charge in [-0.2, -0.15) is 11.8 Å². The lowest BCUT2D eigenvalue weighted by molar-refractivity contribution is 0.407. The van der Waals surface area contributed by atoms with Crippen molar-refractivity contribution in [2.24, 2.45) is 0 Å². The van der Waals surface area contributed by atoms with E-state index in [1.807, 2.05) is 25.6 Å². The Labute approximate surface area is 93.7 Å². The normalized spacial score (nSPS) is 25.9. The predicted octanol–water partition coefficient (Wildman–Crippen LogP) is 3.81. The smallest absolute Gasteiger partial charge is 0.0312 e. The van der Waals surface area contributed by atoms with Crippen molar-refractivity contribution in [1.82, 2.24) is 5.32 Å². The fourth-order valence-corrected chi connectivity index (χ4v) is 2.19. The van der Waals surface area contributed by atoms with Crippen LogP contribution in [0.3, 0.4) is 0 Å². The van der Waals surface area contributed by atoms with Gasteiger partial charge in [-0.15, -0.1) is 0 Å². The molecule has 1 atom stereocenters. The van der Waals surface area contributed by atoms with E-state index in [1.165, 1.54) is 18.6 Å². The van der Waals surface area contributed by atoms with Gasteiger partial charge >= 0.3 is 0 Å². The van der Waals surface area contributed by atoms with E-state index in [1.54, 1.807) is 0 Å². The second-order valence-corrected chi connectivity index (χ2v) is 5.55. The maximum absolute atomic E-state index is 3.44. The molecule has 1 aliphatic rings. The third-order valence-electron chi connectivity index (χ3n) is 2.17. The van der Waals surface area contributed by atoms with Gasteiger partial charge in [-0.25, -0.2) is 0 Å². The van der Waals surface area contributed by atoms with Gasteiger partial charge in [0.1, 0.15) is 0 Å². The van der Waals surface area contributed by atoms with Gasteiger partial charge in [-0.1, -0.05) is 19.9 Å². The van der Waals surface area contributed by atoms with E-state index >= 15 is 0 Å². The minimum Gasteiger partial charge on any atom is -0.386 e. The molecule has 0 bridgehead atoms. The summed E-state index contributed by atoms with van der Waals surface area (Å²) in [4.78, 5) is 0. The first-order chi connectivity index (χ1) is 6.60. The summed E-state index contributed by atoms with van der Waals surface area (Å²) < 4.78 is 0. The molecule has 0 aromatic heterocycles. The molecule has 0 radical (unpaired) electrons. The zero-order valence-electron chi connectivity index (χ0n) is 10.3. The average molecular weight is 215 g/mol. The van der Waals surface area contributed by atoms with E-state index in [4.69, 9.17) is 0 Å². The summed E-state index contributed by atoms with van der Waals surface area (Å²) in [5.74, 6) is 1.29. The highest BCUT2D eigenvalue weighted by molar-refractivity contribution is 8.00. The van der Waals surface area contributed by atoms with Crippen LogP contribution in [0.5, 0.6) is 0 Å². The van der Waals surface area contributed by atoms with E-state index in [9.17, 15) is 0 Å². The molecule has 0 aromatic carbocycles. The Bertz CT molecular complexity index is 164. The highest BCUT2D eigenvalue weighted by atomic mass is 32.2. The Morgan fingerprint density at radius 1 is 1.36 bits per heavy atom. The van der Waals surface area contributed by atoms with Crippen molar-refractivity contribution in [3.63, 3.8) is 0 Å². The predicted molar refractivity (Wildman–Crippen MR) is 68.9 cm³/mol. The van der Waals surface area contributed by atoms with Crippen molar-refractivity contribution in [3.8, 4) is 0 Å². The second kappa shape index (κ2) is 7.22. The lowest BCUT2D eigenvalue weighted by Gasteiger charge is -2.24. The summed E-state index contributed by atoms with van der Waals surface area (Å²) in [7, 11) is 0.